The van der Waals surface area contributed by atoms with Crippen LogP contribution in [0.3, 0.4) is 0 Å². The first-order valence-corrected chi connectivity index (χ1v) is 11.5. The van der Waals surface area contributed by atoms with Gasteiger partial charge >= 0.3 is 0 Å². The van der Waals surface area contributed by atoms with E-state index in [-0.39, 0.29) is 5.91 Å². The van der Waals surface area contributed by atoms with Crippen LogP contribution in [0.25, 0.3) is 0 Å². The van der Waals surface area contributed by atoms with E-state index in [1.807, 2.05) is 24.3 Å². The average molecular weight is 417 g/mol. The third-order valence-electron chi connectivity index (χ3n) is 5.39. The van der Waals surface area contributed by atoms with E-state index in [0.717, 1.165) is 44.1 Å². The van der Waals surface area contributed by atoms with Crippen LogP contribution < -0.4 is 10.6 Å². The molecule has 1 fully saturated rings. The van der Waals surface area contributed by atoms with Crippen molar-refractivity contribution in [3.63, 3.8) is 0 Å². The van der Waals surface area contributed by atoms with Crippen LogP contribution in [-0.4, -0.2) is 56.7 Å². The van der Waals surface area contributed by atoms with E-state index in [4.69, 9.17) is 4.74 Å². The highest BCUT2D eigenvalue weighted by Gasteiger charge is 2.13. The molecule has 30 heavy (non-hydrogen) atoms. The molecule has 0 bridgehead atoms. The minimum Gasteiger partial charge on any atom is -0.378 e. The van der Waals surface area contributed by atoms with Crippen LogP contribution in [0.2, 0.25) is 0 Å². The molecule has 0 aromatic heterocycles. The molecule has 0 saturated heterocycles. The van der Waals surface area contributed by atoms with Crippen molar-refractivity contribution in [3.05, 3.63) is 35.4 Å². The molecule has 2 rings (SSSR count). The molecule has 0 aliphatic heterocycles. The molecule has 0 unspecified atom stereocenters. The lowest BCUT2D eigenvalue weighted by Crippen LogP contribution is -2.37. The Bertz CT molecular complexity index is 637. The van der Waals surface area contributed by atoms with Gasteiger partial charge in [-0.1, -0.05) is 31.4 Å². The summed E-state index contributed by atoms with van der Waals surface area (Å²) >= 11 is 0. The third-order valence-corrected chi connectivity index (χ3v) is 5.39. The second-order valence-corrected chi connectivity index (χ2v) is 8.21. The second kappa shape index (κ2) is 14.0. The lowest BCUT2D eigenvalue weighted by molar-refractivity contribution is 0.0264. The minimum absolute atomic E-state index is 0.0178. The first-order chi connectivity index (χ1) is 14.6. The van der Waals surface area contributed by atoms with Crippen LogP contribution in [0.1, 0.15) is 74.2 Å². The maximum absolute atomic E-state index is 12.0. The first kappa shape index (κ1) is 24.2. The number of hydrogen-bond acceptors (Lipinski definition) is 3. The van der Waals surface area contributed by atoms with Gasteiger partial charge in [-0.25, -0.2) is 4.99 Å². The molecule has 1 aliphatic carbocycles. The quantitative estimate of drug-likeness (QED) is 0.325. The summed E-state index contributed by atoms with van der Waals surface area (Å²) in [5.74, 6) is 0.855. The molecule has 1 amide bonds. The summed E-state index contributed by atoms with van der Waals surface area (Å²) in [4.78, 5) is 18.2. The molecule has 1 aromatic carbocycles. The largest absolute Gasteiger partial charge is 0.378 e. The molecule has 1 saturated carbocycles. The number of carbonyl (C=O) groups is 1. The van der Waals surface area contributed by atoms with E-state index < -0.39 is 0 Å². The number of nitrogens with zero attached hydrogens (tertiary/aromatic N) is 2. The van der Waals surface area contributed by atoms with Gasteiger partial charge in [0.2, 0.25) is 0 Å². The Labute approximate surface area is 182 Å². The molecular weight excluding hydrogens is 376 g/mol. The number of amides is 1. The van der Waals surface area contributed by atoms with E-state index in [1.54, 1.807) is 19.0 Å². The fraction of sp³-hybridized carbons (Fsp3) is 0.667. The normalized spacial score (nSPS) is 15.1. The molecule has 168 valence electrons. The van der Waals surface area contributed by atoms with Gasteiger partial charge in [0.1, 0.15) is 0 Å². The Morgan fingerprint density at radius 1 is 1.07 bits per heavy atom. The zero-order valence-corrected chi connectivity index (χ0v) is 19.1. The van der Waals surface area contributed by atoms with Crippen molar-refractivity contribution in [3.8, 4) is 0 Å². The van der Waals surface area contributed by atoms with Crippen molar-refractivity contribution in [1.29, 1.82) is 0 Å². The molecule has 2 N–H and O–H groups in total. The van der Waals surface area contributed by atoms with Crippen molar-refractivity contribution >= 4 is 11.9 Å². The maximum Gasteiger partial charge on any atom is 0.253 e. The number of benzene rings is 1. The van der Waals surface area contributed by atoms with Crippen LogP contribution in [0.5, 0.6) is 0 Å². The van der Waals surface area contributed by atoms with Gasteiger partial charge in [0.05, 0.1) is 12.6 Å². The van der Waals surface area contributed by atoms with Crippen LogP contribution in [0.15, 0.2) is 29.3 Å². The molecule has 0 atom stereocenters. The number of hydrogen-bond donors (Lipinski definition) is 2. The number of guanidine groups is 1. The van der Waals surface area contributed by atoms with E-state index >= 15 is 0 Å². The highest BCUT2D eigenvalue weighted by Crippen LogP contribution is 2.20. The lowest BCUT2D eigenvalue weighted by Gasteiger charge is -2.21. The first-order valence-electron chi connectivity index (χ1n) is 11.5. The minimum atomic E-state index is 0.0178. The molecular formula is C24H40N4O2. The third kappa shape index (κ3) is 9.16. The van der Waals surface area contributed by atoms with Gasteiger partial charge in [-0.3, -0.25) is 4.79 Å². The fourth-order valence-corrected chi connectivity index (χ4v) is 3.62. The SMILES string of the molecule is CCNC(=NCc1ccc(C(=O)N(C)C)cc1)NCCCCCOC1CCCCC1. The summed E-state index contributed by atoms with van der Waals surface area (Å²) in [5, 5.41) is 6.71. The van der Waals surface area contributed by atoms with Crippen molar-refractivity contribution < 1.29 is 9.53 Å². The van der Waals surface area contributed by atoms with Crippen molar-refractivity contribution in [2.45, 2.75) is 70.9 Å². The standard InChI is InChI=1S/C24H40N4O2/c1-4-25-24(26-17-9-6-10-18-30-22-11-7-5-8-12-22)27-19-20-13-15-21(16-14-20)23(29)28(2)3/h13-16,22H,4-12,17-19H2,1-3H3,(H2,25,26,27). The van der Waals surface area contributed by atoms with Crippen LogP contribution in [0.4, 0.5) is 0 Å². The predicted octanol–water partition coefficient (Wildman–Crippen LogP) is 3.96. The van der Waals surface area contributed by atoms with Crippen LogP contribution in [-0.2, 0) is 11.3 Å². The highest BCUT2D eigenvalue weighted by atomic mass is 16.5. The average Bonchev–Trinajstić information content (AvgIpc) is 2.77. The molecule has 6 heteroatoms. The Balaban J connectivity index is 1.65. The number of unbranched alkanes of at least 4 members (excludes halogenated alkanes) is 2. The van der Waals surface area contributed by atoms with E-state index in [0.29, 0.717) is 18.2 Å². The Morgan fingerprint density at radius 3 is 2.47 bits per heavy atom. The molecule has 6 nitrogen and oxygen atoms in total. The van der Waals surface area contributed by atoms with Gasteiger partial charge < -0.3 is 20.3 Å². The molecule has 0 spiro atoms. The van der Waals surface area contributed by atoms with Gasteiger partial charge in [-0.2, -0.15) is 0 Å². The van der Waals surface area contributed by atoms with Crippen molar-refractivity contribution in [2.75, 3.05) is 33.8 Å². The zero-order chi connectivity index (χ0) is 21.6. The molecule has 0 heterocycles. The lowest BCUT2D eigenvalue weighted by atomic mass is 9.98. The van der Waals surface area contributed by atoms with Gasteiger partial charge in [0.25, 0.3) is 5.91 Å². The zero-order valence-electron chi connectivity index (χ0n) is 19.1. The second-order valence-electron chi connectivity index (χ2n) is 8.21. The maximum atomic E-state index is 12.0. The van der Waals surface area contributed by atoms with Gasteiger partial charge in [0.15, 0.2) is 5.96 Å². The number of nitrogens with one attached hydrogen (secondary N) is 2. The highest BCUT2D eigenvalue weighted by molar-refractivity contribution is 5.93. The number of rotatable bonds is 11. The van der Waals surface area contributed by atoms with Gasteiger partial charge in [-0.15, -0.1) is 0 Å². The van der Waals surface area contributed by atoms with E-state index in [2.05, 4.69) is 22.5 Å². The summed E-state index contributed by atoms with van der Waals surface area (Å²) in [6.07, 6.45) is 10.5. The summed E-state index contributed by atoms with van der Waals surface area (Å²) < 4.78 is 5.99. The summed E-state index contributed by atoms with van der Waals surface area (Å²) in [7, 11) is 3.53. The monoisotopic (exact) mass is 416 g/mol. The van der Waals surface area contributed by atoms with E-state index in [1.165, 1.54) is 38.5 Å². The summed E-state index contributed by atoms with van der Waals surface area (Å²) in [5.41, 5.74) is 1.78. The summed E-state index contributed by atoms with van der Waals surface area (Å²) in [6, 6.07) is 7.66. The summed E-state index contributed by atoms with van der Waals surface area (Å²) in [6.45, 7) is 5.29. The fourth-order valence-electron chi connectivity index (χ4n) is 3.62. The molecule has 1 aromatic rings. The van der Waals surface area contributed by atoms with Crippen LogP contribution >= 0.6 is 0 Å². The number of carbonyl (C=O) groups excluding carboxylic acids is 1. The van der Waals surface area contributed by atoms with Gasteiger partial charge in [0, 0.05) is 39.4 Å². The van der Waals surface area contributed by atoms with E-state index in [9.17, 15) is 4.79 Å². The topological polar surface area (TPSA) is 66.0 Å². The Morgan fingerprint density at radius 2 is 1.80 bits per heavy atom. The van der Waals surface area contributed by atoms with Crippen molar-refractivity contribution in [2.24, 2.45) is 4.99 Å². The van der Waals surface area contributed by atoms with Crippen molar-refractivity contribution in [1.82, 2.24) is 15.5 Å². The molecule has 0 radical (unpaired) electrons. The van der Waals surface area contributed by atoms with Crippen LogP contribution in [0, 0.1) is 0 Å². The molecule has 1 aliphatic rings. The van der Waals surface area contributed by atoms with Gasteiger partial charge in [-0.05, 0) is 56.7 Å². The number of ether oxygens (including phenoxy) is 1. The smallest absolute Gasteiger partial charge is 0.253 e. The number of aliphatic imine (C=N–C) groups is 1. The Hall–Kier alpha value is -2.08. The predicted molar refractivity (Wildman–Crippen MR) is 124 cm³/mol. The Kier molecular flexibility index (Phi) is 11.3.